The van der Waals surface area contributed by atoms with Gasteiger partial charge in [0.05, 0.1) is 0 Å². The number of halogens is 3. The van der Waals surface area contributed by atoms with Gasteiger partial charge in [0.15, 0.2) is 6.61 Å². The average molecular weight is 156 g/mol. The van der Waals surface area contributed by atoms with Gasteiger partial charge < -0.3 is 9.47 Å². The largest absolute Gasteiger partial charge is 0.511 e. The lowest BCUT2D eigenvalue weighted by Crippen LogP contribution is -2.34. The molecule has 0 N–H and O–H groups in total. The second-order valence-electron chi connectivity index (χ2n) is 1.73. The quantitative estimate of drug-likeness (QED) is 0.533. The molecule has 0 bridgehead atoms. The van der Waals surface area contributed by atoms with Gasteiger partial charge in [0.25, 0.3) is 0 Å². The van der Waals surface area contributed by atoms with Crippen LogP contribution in [0.15, 0.2) is 0 Å². The first-order valence-electron chi connectivity index (χ1n) is 2.37. The van der Waals surface area contributed by atoms with E-state index in [0.29, 0.717) is 0 Å². The van der Waals surface area contributed by atoms with Crippen molar-refractivity contribution in [2.45, 2.75) is 12.3 Å². The molecule has 0 radical (unpaired) electrons. The van der Waals surface area contributed by atoms with E-state index < -0.39 is 25.0 Å². The highest BCUT2D eigenvalue weighted by Gasteiger charge is 2.51. The van der Waals surface area contributed by atoms with Crippen LogP contribution in [-0.2, 0) is 9.47 Å². The zero-order valence-corrected chi connectivity index (χ0v) is 4.64. The molecule has 0 aromatic rings. The van der Waals surface area contributed by atoms with Crippen LogP contribution in [0, 0.1) is 0 Å². The van der Waals surface area contributed by atoms with Crippen LogP contribution >= 0.6 is 0 Å². The van der Waals surface area contributed by atoms with Crippen molar-refractivity contribution < 1.29 is 27.4 Å². The molecule has 3 nitrogen and oxygen atoms in total. The van der Waals surface area contributed by atoms with Crippen molar-refractivity contribution in [3.63, 3.8) is 0 Å². The topological polar surface area (TPSA) is 35.5 Å². The van der Waals surface area contributed by atoms with Crippen LogP contribution in [0.2, 0.25) is 0 Å². The summed E-state index contributed by atoms with van der Waals surface area (Å²) in [5.41, 5.74) is 0. The molecule has 6 heteroatoms. The standard InChI is InChI=1S/C4H3F3O3/c5-2(6)4(7)1-9-3(8)10-4/h2H,1H2. The Balaban J connectivity index is 2.63. The lowest BCUT2D eigenvalue weighted by Gasteiger charge is -2.11. The van der Waals surface area contributed by atoms with Gasteiger partial charge >= 0.3 is 18.4 Å². The fourth-order valence-corrected chi connectivity index (χ4v) is 0.462. The summed E-state index contributed by atoms with van der Waals surface area (Å²) in [6, 6.07) is 0. The molecule has 1 saturated heterocycles. The highest BCUT2D eigenvalue weighted by Crippen LogP contribution is 2.28. The minimum Gasteiger partial charge on any atom is -0.427 e. The van der Waals surface area contributed by atoms with Gasteiger partial charge in [-0.2, -0.15) is 4.39 Å². The van der Waals surface area contributed by atoms with Gasteiger partial charge in [-0.25, -0.2) is 13.6 Å². The molecule has 58 valence electrons. The molecule has 1 heterocycles. The Morgan fingerprint density at radius 3 is 2.40 bits per heavy atom. The molecule has 1 atom stereocenters. The summed E-state index contributed by atoms with van der Waals surface area (Å²) < 4.78 is 42.8. The molecule has 0 aromatic heterocycles. The lowest BCUT2D eigenvalue weighted by molar-refractivity contribution is -0.162. The zero-order valence-electron chi connectivity index (χ0n) is 4.64. The van der Waals surface area contributed by atoms with Crippen molar-refractivity contribution in [3.05, 3.63) is 0 Å². The van der Waals surface area contributed by atoms with E-state index in [1.54, 1.807) is 0 Å². The summed E-state index contributed by atoms with van der Waals surface area (Å²) in [4.78, 5) is 9.95. The van der Waals surface area contributed by atoms with Gasteiger partial charge in [-0.05, 0) is 0 Å². The van der Waals surface area contributed by atoms with Gasteiger partial charge in [0.1, 0.15) is 0 Å². The SMILES string of the molecule is O=C1OCC(F)(C(F)F)O1. The molecule has 0 saturated carbocycles. The van der Waals surface area contributed by atoms with Gasteiger partial charge in [-0.3, -0.25) is 0 Å². The van der Waals surface area contributed by atoms with Gasteiger partial charge in [-0.1, -0.05) is 0 Å². The summed E-state index contributed by atoms with van der Waals surface area (Å²) in [5, 5.41) is 0. The van der Waals surface area contributed by atoms with Crippen LogP contribution in [0.1, 0.15) is 0 Å². The number of alkyl halides is 3. The first-order chi connectivity index (χ1) is 4.54. The van der Waals surface area contributed by atoms with Crippen molar-refractivity contribution in [2.24, 2.45) is 0 Å². The van der Waals surface area contributed by atoms with Crippen LogP contribution < -0.4 is 0 Å². The number of cyclic esters (lactones) is 2. The average Bonchev–Trinajstić information content (AvgIpc) is 2.13. The Hall–Kier alpha value is -0.940. The summed E-state index contributed by atoms with van der Waals surface area (Å²) in [6.45, 7) is -1.04. The lowest BCUT2D eigenvalue weighted by atomic mass is 10.3. The second kappa shape index (κ2) is 2.03. The van der Waals surface area contributed by atoms with Crippen LogP contribution in [0.25, 0.3) is 0 Å². The van der Waals surface area contributed by atoms with E-state index in [4.69, 9.17) is 0 Å². The maximum Gasteiger partial charge on any atom is 0.511 e. The fourth-order valence-electron chi connectivity index (χ4n) is 0.462. The molecule has 1 rings (SSSR count). The van der Waals surface area contributed by atoms with Crippen LogP contribution in [0.3, 0.4) is 0 Å². The van der Waals surface area contributed by atoms with Gasteiger partial charge in [0, 0.05) is 0 Å². The van der Waals surface area contributed by atoms with Crippen molar-refractivity contribution >= 4 is 6.16 Å². The third-order valence-electron chi connectivity index (χ3n) is 0.966. The molecule has 1 aliphatic heterocycles. The van der Waals surface area contributed by atoms with Crippen molar-refractivity contribution in [3.8, 4) is 0 Å². The molecule has 0 amide bonds. The fraction of sp³-hybridized carbons (Fsp3) is 0.750. The Bertz CT molecular complexity index is 160. The molecular formula is C4H3F3O3. The van der Waals surface area contributed by atoms with Gasteiger partial charge in [-0.15, -0.1) is 0 Å². The zero-order chi connectivity index (χ0) is 7.78. The molecule has 10 heavy (non-hydrogen) atoms. The first-order valence-corrected chi connectivity index (χ1v) is 2.37. The highest BCUT2D eigenvalue weighted by atomic mass is 19.3. The molecule has 1 aliphatic rings. The third kappa shape index (κ3) is 1.01. The molecule has 1 fully saturated rings. The van der Waals surface area contributed by atoms with E-state index in [0.717, 1.165) is 0 Å². The van der Waals surface area contributed by atoms with Crippen molar-refractivity contribution in [2.75, 3.05) is 6.61 Å². The van der Waals surface area contributed by atoms with E-state index in [2.05, 4.69) is 9.47 Å². The minimum atomic E-state index is -3.36. The number of hydrogen-bond donors (Lipinski definition) is 0. The summed E-state index contributed by atoms with van der Waals surface area (Å²) >= 11 is 0. The van der Waals surface area contributed by atoms with Crippen LogP contribution in [-0.4, -0.2) is 25.0 Å². The van der Waals surface area contributed by atoms with Gasteiger partial charge in [0.2, 0.25) is 0 Å². The number of ether oxygens (including phenoxy) is 2. The summed E-state index contributed by atoms with van der Waals surface area (Å²) in [6.07, 6.45) is -4.76. The summed E-state index contributed by atoms with van der Waals surface area (Å²) in [5.74, 6) is -3.24. The molecule has 0 aromatic carbocycles. The normalized spacial score (nSPS) is 32.2. The second-order valence-corrected chi connectivity index (χ2v) is 1.73. The van der Waals surface area contributed by atoms with Crippen molar-refractivity contribution in [1.29, 1.82) is 0 Å². The third-order valence-corrected chi connectivity index (χ3v) is 0.966. The smallest absolute Gasteiger partial charge is 0.427 e. The number of hydrogen-bond acceptors (Lipinski definition) is 3. The number of carbonyl (C=O) groups excluding carboxylic acids is 1. The predicted octanol–water partition coefficient (Wildman–Crippen LogP) is 1.08. The molecule has 0 spiro atoms. The summed E-state index contributed by atoms with van der Waals surface area (Å²) in [7, 11) is 0. The van der Waals surface area contributed by atoms with E-state index in [9.17, 15) is 18.0 Å². The highest BCUT2D eigenvalue weighted by molar-refractivity contribution is 5.62. The Kier molecular flexibility index (Phi) is 1.46. The molecule has 1 unspecified atom stereocenters. The first kappa shape index (κ1) is 7.17. The maximum atomic E-state index is 12.4. The minimum absolute atomic E-state index is 1.04. The monoisotopic (exact) mass is 156 g/mol. The Morgan fingerprint density at radius 1 is 1.60 bits per heavy atom. The van der Waals surface area contributed by atoms with E-state index in [1.807, 2.05) is 0 Å². The van der Waals surface area contributed by atoms with E-state index in [1.165, 1.54) is 0 Å². The maximum absolute atomic E-state index is 12.4. The Labute approximate surface area is 53.7 Å². The molecule has 0 aliphatic carbocycles. The predicted molar refractivity (Wildman–Crippen MR) is 22.3 cm³/mol. The number of rotatable bonds is 1. The van der Waals surface area contributed by atoms with E-state index >= 15 is 0 Å². The van der Waals surface area contributed by atoms with Crippen molar-refractivity contribution in [1.82, 2.24) is 0 Å². The van der Waals surface area contributed by atoms with Crippen LogP contribution in [0.5, 0.6) is 0 Å². The Morgan fingerprint density at radius 2 is 2.20 bits per heavy atom. The van der Waals surface area contributed by atoms with Crippen LogP contribution in [0.4, 0.5) is 18.0 Å². The number of carbonyl (C=O) groups is 1. The van der Waals surface area contributed by atoms with E-state index in [-0.39, 0.29) is 0 Å². The molecular weight excluding hydrogens is 153 g/mol.